The molecule has 0 bridgehead atoms. The second-order valence-electron chi connectivity index (χ2n) is 7.12. The molecule has 1 saturated heterocycles. The SMILES string of the molecule is Cc1ccc(C2CC(C)N(C(=O)c3cc4ccncc4c(=O)[nH]3)C2)cc1. The van der Waals surface area contributed by atoms with Crippen LogP contribution >= 0.6 is 0 Å². The zero-order chi connectivity index (χ0) is 18.3. The van der Waals surface area contributed by atoms with Gasteiger partial charge >= 0.3 is 0 Å². The number of aromatic amines is 1. The first-order valence-corrected chi connectivity index (χ1v) is 8.87. The number of hydrogen-bond acceptors (Lipinski definition) is 3. The zero-order valence-electron chi connectivity index (χ0n) is 14.9. The zero-order valence-corrected chi connectivity index (χ0v) is 14.9. The number of hydrogen-bond donors (Lipinski definition) is 1. The average molecular weight is 347 g/mol. The van der Waals surface area contributed by atoms with Crippen molar-refractivity contribution in [3.05, 3.63) is 76.0 Å². The molecule has 132 valence electrons. The Kier molecular flexibility index (Phi) is 4.07. The third kappa shape index (κ3) is 2.90. The van der Waals surface area contributed by atoms with Gasteiger partial charge < -0.3 is 9.88 Å². The highest BCUT2D eigenvalue weighted by molar-refractivity contribution is 5.96. The van der Waals surface area contributed by atoms with Crippen molar-refractivity contribution in [2.24, 2.45) is 0 Å². The van der Waals surface area contributed by atoms with E-state index in [1.165, 1.54) is 17.3 Å². The van der Waals surface area contributed by atoms with Gasteiger partial charge in [-0.05, 0) is 43.4 Å². The number of amides is 1. The fourth-order valence-electron chi connectivity index (χ4n) is 3.77. The highest BCUT2D eigenvalue weighted by atomic mass is 16.2. The predicted molar refractivity (Wildman–Crippen MR) is 101 cm³/mol. The second-order valence-corrected chi connectivity index (χ2v) is 7.12. The molecule has 2 aromatic heterocycles. The molecule has 4 rings (SSSR count). The maximum absolute atomic E-state index is 13.0. The van der Waals surface area contributed by atoms with E-state index >= 15 is 0 Å². The maximum atomic E-state index is 13.0. The van der Waals surface area contributed by atoms with E-state index in [1.54, 1.807) is 18.3 Å². The van der Waals surface area contributed by atoms with Gasteiger partial charge in [0.15, 0.2) is 0 Å². The second kappa shape index (κ2) is 6.41. The van der Waals surface area contributed by atoms with Gasteiger partial charge in [0.1, 0.15) is 5.69 Å². The number of carbonyl (C=O) groups excluding carboxylic acids is 1. The number of fused-ring (bicyclic) bond motifs is 1. The van der Waals surface area contributed by atoms with Crippen molar-refractivity contribution in [1.29, 1.82) is 0 Å². The van der Waals surface area contributed by atoms with Gasteiger partial charge in [0.2, 0.25) is 0 Å². The van der Waals surface area contributed by atoms with Crippen molar-refractivity contribution in [2.45, 2.75) is 32.2 Å². The normalized spacial score (nSPS) is 19.8. The van der Waals surface area contributed by atoms with Gasteiger partial charge in [-0.25, -0.2) is 0 Å². The van der Waals surface area contributed by atoms with Crippen LogP contribution in [0, 0.1) is 6.92 Å². The minimum Gasteiger partial charge on any atom is -0.334 e. The van der Waals surface area contributed by atoms with Crippen molar-refractivity contribution >= 4 is 16.7 Å². The first-order valence-electron chi connectivity index (χ1n) is 8.87. The number of likely N-dealkylation sites (tertiary alicyclic amines) is 1. The van der Waals surface area contributed by atoms with Crippen molar-refractivity contribution < 1.29 is 4.79 Å². The summed E-state index contributed by atoms with van der Waals surface area (Å²) in [6.07, 6.45) is 4.08. The standard InChI is InChI=1S/C21H21N3O2/c1-13-3-5-15(6-4-13)17-9-14(2)24(12-17)21(26)19-10-16-7-8-22-11-18(16)20(25)23-19/h3-8,10-11,14,17H,9,12H2,1-2H3,(H,23,25). The molecule has 0 saturated carbocycles. The molecule has 1 N–H and O–H groups in total. The monoisotopic (exact) mass is 347 g/mol. The van der Waals surface area contributed by atoms with Crippen molar-refractivity contribution in [1.82, 2.24) is 14.9 Å². The third-order valence-electron chi connectivity index (χ3n) is 5.26. The molecule has 3 aromatic rings. The first-order chi connectivity index (χ1) is 12.5. The minimum absolute atomic E-state index is 0.122. The molecule has 1 aliphatic rings. The van der Waals surface area contributed by atoms with Gasteiger partial charge in [-0.2, -0.15) is 0 Å². The lowest BCUT2D eigenvalue weighted by Gasteiger charge is -2.21. The molecule has 1 amide bonds. The van der Waals surface area contributed by atoms with E-state index in [0.717, 1.165) is 11.8 Å². The molecule has 0 spiro atoms. The van der Waals surface area contributed by atoms with Gasteiger partial charge in [-0.15, -0.1) is 0 Å². The smallest absolute Gasteiger partial charge is 0.270 e. The number of nitrogens with one attached hydrogen (secondary N) is 1. The van der Waals surface area contributed by atoms with Crippen LogP contribution in [0.15, 0.2) is 53.6 Å². The quantitative estimate of drug-likeness (QED) is 0.774. The molecule has 0 aliphatic carbocycles. The van der Waals surface area contributed by atoms with Crippen LogP contribution in [-0.4, -0.2) is 33.4 Å². The van der Waals surface area contributed by atoms with E-state index in [-0.39, 0.29) is 17.5 Å². The summed E-state index contributed by atoms with van der Waals surface area (Å²) in [6, 6.07) is 12.1. The predicted octanol–water partition coefficient (Wildman–Crippen LogP) is 3.25. The van der Waals surface area contributed by atoms with Crippen LogP contribution in [0.3, 0.4) is 0 Å². The number of aromatic nitrogens is 2. The molecular weight excluding hydrogens is 326 g/mol. The Labute approximate surface area is 151 Å². The molecule has 1 aromatic carbocycles. The number of aryl methyl sites for hydroxylation is 1. The fourth-order valence-corrected chi connectivity index (χ4v) is 3.77. The summed E-state index contributed by atoms with van der Waals surface area (Å²) in [6.45, 7) is 4.80. The molecule has 5 heteroatoms. The van der Waals surface area contributed by atoms with Crippen LogP contribution in [0.1, 0.15) is 40.9 Å². The van der Waals surface area contributed by atoms with Crippen LogP contribution in [-0.2, 0) is 0 Å². The Hall–Kier alpha value is -2.95. The van der Waals surface area contributed by atoms with Crippen LogP contribution < -0.4 is 5.56 Å². The molecule has 1 aliphatic heterocycles. The number of pyridine rings is 2. The summed E-state index contributed by atoms with van der Waals surface area (Å²) in [4.78, 5) is 33.8. The van der Waals surface area contributed by atoms with Gasteiger partial charge in [-0.3, -0.25) is 14.6 Å². The number of rotatable bonds is 2. The molecule has 26 heavy (non-hydrogen) atoms. The largest absolute Gasteiger partial charge is 0.334 e. The number of benzene rings is 1. The van der Waals surface area contributed by atoms with E-state index in [4.69, 9.17) is 0 Å². The molecule has 5 nitrogen and oxygen atoms in total. The van der Waals surface area contributed by atoms with E-state index < -0.39 is 0 Å². The lowest BCUT2D eigenvalue weighted by molar-refractivity contribution is 0.0740. The van der Waals surface area contributed by atoms with Gasteiger partial charge in [0, 0.05) is 30.9 Å². The fraction of sp³-hybridized carbons (Fsp3) is 0.286. The van der Waals surface area contributed by atoms with Crippen molar-refractivity contribution in [3.63, 3.8) is 0 Å². The summed E-state index contributed by atoms with van der Waals surface area (Å²) in [5.74, 6) is 0.203. The summed E-state index contributed by atoms with van der Waals surface area (Å²) in [5, 5.41) is 1.23. The number of carbonyl (C=O) groups is 1. The average Bonchev–Trinajstić information content (AvgIpc) is 3.03. The summed E-state index contributed by atoms with van der Waals surface area (Å²) in [7, 11) is 0. The van der Waals surface area contributed by atoms with E-state index in [2.05, 4.69) is 48.1 Å². The first kappa shape index (κ1) is 16.5. The maximum Gasteiger partial charge on any atom is 0.270 e. The Morgan fingerprint density at radius 1 is 1.23 bits per heavy atom. The summed E-state index contributed by atoms with van der Waals surface area (Å²) in [5.41, 5.74) is 2.55. The van der Waals surface area contributed by atoms with E-state index in [0.29, 0.717) is 23.5 Å². The van der Waals surface area contributed by atoms with Crippen molar-refractivity contribution in [3.8, 4) is 0 Å². The Balaban J connectivity index is 1.62. The molecule has 1 fully saturated rings. The lowest BCUT2D eigenvalue weighted by Crippen LogP contribution is -2.35. The topological polar surface area (TPSA) is 66.1 Å². The summed E-state index contributed by atoms with van der Waals surface area (Å²) >= 11 is 0. The van der Waals surface area contributed by atoms with Crippen LogP contribution in [0.5, 0.6) is 0 Å². The van der Waals surface area contributed by atoms with Gasteiger partial charge in [0.25, 0.3) is 11.5 Å². The van der Waals surface area contributed by atoms with Crippen LogP contribution in [0.2, 0.25) is 0 Å². The molecular formula is C21H21N3O2. The lowest BCUT2D eigenvalue weighted by atomic mass is 9.96. The highest BCUT2D eigenvalue weighted by Crippen LogP contribution is 2.32. The molecule has 3 heterocycles. The Morgan fingerprint density at radius 2 is 2.00 bits per heavy atom. The number of nitrogens with zero attached hydrogens (tertiary/aromatic N) is 2. The van der Waals surface area contributed by atoms with Gasteiger partial charge in [-0.1, -0.05) is 29.8 Å². The van der Waals surface area contributed by atoms with Crippen LogP contribution in [0.25, 0.3) is 10.8 Å². The summed E-state index contributed by atoms with van der Waals surface area (Å²) < 4.78 is 0. The molecule has 2 unspecified atom stereocenters. The number of H-pyrrole nitrogens is 1. The van der Waals surface area contributed by atoms with Gasteiger partial charge in [0.05, 0.1) is 5.39 Å². The van der Waals surface area contributed by atoms with Crippen molar-refractivity contribution in [2.75, 3.05) is 6.54 Å². The van der Waals surface area contributed by atoms with E-state index in [1.807, 2.05) is 4.90 Å². The Morgan fingerprint density at radius 3 is 2.77 bits per heavy atom. The highest BCUT2D eigenvalue weighted by Gasteiger charge is 2.34. The molecule has 2 atom stereocenters. The minimum atomic E-state index is -0.277. The Bertz CT molecular complexity index is 1020. The van der Waals surface area contributed by atoms with Crippen LogP contribution in [0.4, 0.5) is 0 Å². The third-order valence-corrected chi connectivity index (χ3v) is 5.26. The molecule has 0 radical (unpaired) electrons. The van der Waals surface area contributed by atoms with E-state index in [9.17, 15) is 9.59 Å².